The smallest absolute Gasteiger partial charge is 0.435 e. The number of hydrogen-bond donors (Lipinski definition) is 1. The zero-order chi connectivity index (χ0) is 21.9. The molecule has 1 aliphatic heterocycles. The highest BCUT2D eigenvalue weighted by Gasteiger charge is 2.59. The fraction of sp³-hybridized carbons (Fsp3) is 0.333. The molecule has 3 atom stereocenters. The van der Waals surface area contributed by atoms with Gasteiger partial charge in [0.15, 0.2) is 0 Å². The molecule has 3 rings (SSSR count). The van der Waals surface area contributed by atoms with Crippen LogP contribution in [0.4, 0.5) is 9.59 Å². The van der Waals surface area contributed by atoms with Crippen molar-refractivity contribution in [2.45, 2.75) is 43.9 Å². The summed E-state index contributed by atoms with van der Waals surface area (Å²) in [5, 5.41) is 9.83. The summed E-state index contributed by atoms with van der Waals surface area (Å²) < 4.78 is 34.7. The van der Waals surface area contributed by atoms with Gasteiger partial charge in [0, 0.05) is 6.42 Å². The molecule has 160 valence electrons. The summed E-state index contributed by atoms with van der Waals surface area (Å²) >= 11 is 0. The number of imide groups is 1. The van der Waals surface area contributed by atoms with Crippen LogP contribution in [0.3, 0.4) is 0 Å². The Hall–Kier alpha value is -2.75. The monoisotopic (exact) mass is 434 g/mol. The molecule has 2 aromatic rings. The molecule has 0 aliphatic carbocycles. The lowest BCUT2D eigenvalue weighted by molar-refractivity contribution is -0.797. The van der Waals surface area contributed by atoms with Crippen molar-refractivity contribution in [2.75, 3.05) is 6.54 Å². The molecule has 0 unspecified atom stereocenters. The van der Waals surface area contributed by atoms with Gasteiger partial charge < -0.3 is 9.84 Å². The van der Waals surface area contributed by atoms with E-state index in [9.17, 15) is 23.1 Å². The van der Waals surface area contributed by atoms with E-state index in [1.54, 1.807) is 43.3 Å². The number of carbonyl (C=O) groups excluding carboxylic acids is 1. The predicted molar refractivity (Wildman–Crippen MR) is 107 cm³/mol. The van der Waals surface area contributed by atoms with Crippen LogP contribution in [-0.4, -0.2) is 48.9 Å². The van der Waals surface area contributed by atoms with Crippen molar-refractivity contribution in [3.05, 3.63) is 65.7 Å². The van der Waals surface area contributed by atoms with Gasteiger partial charge in [-0.25, -0.2) is 0 Å². The third-order valence-corrected chi connectivity index (χ3v) is 6.67. The molecule has 0 bridgehead atoms. The number of ether oxygens (including phenoxy) is 1. The molecule has 8 nitrogen and oxygen atoms in total. The van der Waals surface area contributed by atoms with Gasteiger partial charge in [-0.1, -0.05) is 48.0 Å². The zero-order valence-corrected chi connectivity index (χ0v) is 17.5. The number of carboxylic acid groups (broad SMARTS) is 1. The molecular formula is C21H24NO7S+. The standard InChI is InChI=1S/C21H23NO7S/c1-15-8-10-19(11-9-15)30(26,27)29-18-12-16(2)22(13-18,20(23)24)21(25)28-14-17-6-4-3-5-7-17/h3-11,16,18H,12-14H2,1-2H3/p+1/t16-,18-,22+/m1/s1. The van der Waals surface area contributed by atoms with Crippen molar-refractivity contribution < 1.29 is 36.5 Å². The van der Waals surface area contributed by atoms with Gasteiger partial charge in [0.05, 0.1) is 4.90 Å². The first-order chi connectivity index (χ1) is 14.1. The molecule has 1 fully saturated rings. The summed E-state index contributed by atoms with van der Waals surface area (Å²) in [6.45, 7) is 2.98. The molecule has 2 amide bonds. The second kappa shape index (κ2) is 8.55. The van der Waals surface area contributed by atoms with Crippen molar-refractivity contribution in [1.82, 2.24) is 0 Å². The lowest BCUT2D eigenvalue weighted by atomic mass is 10.2. The molecular weight excluding hydrogens is 410 g/mol. The summed E-state index contributed by atoms with van der Waals surface area (Å²) in [4.78, 5) is 24.8. The molecule has 1 N–H and O–H groups in total. The van der Waals surface area contributed by atoms with Gasteiger partial charge in [-0.2, -0.15) is 18.0 Å². The van der Waals surface area contributed by atoms with E-state index < -0.39 is 38.9 Å². The zero-order valence-electron chi connectivity index (χ0n) is 16.7. The van der Waals surface area contributed by atoms with Gasteiger partial charge in [0.25, 0.3) is 10.1 Å². The van der Waals surface area contributed by atoms with E-state index in [2.05, 4.69) is 0 Å². The number of quaternary nitrogens is 1. The first-order valence-electron chi connectivity index (χ1n) is 9.47. The Bertz CT molecular complexity index is 1020. The lowest BCUT2D eigenvalue weighted by Gasteiger charge is -2.27. The second-order valence-corrected chi connectivity index (χ2v) is 9.02. The minimum atomic E-state index is -4.10. The maximum atomic E-state index is 12.8. The van der Waals surface area contributed by atoms with Gasteiger partial charge >= 0.3 is 12.2 Å². The van der Waals surface area contributed by atoms with Crippen LogP contribution in [0, 0.1) is 6.92 Å². The molecule has 9 heteroatoms. The number of amides is 2. The van der Waals surface area contributed by atoms with Crippen LogP contribution < -0.4 is 0 Å². The average Bonchev–Trinajstić information content (AvgIpc) is 3.03. The van der Waals surface area contributed by atoms with Crippen LogP contribution in [0.25, 0.3) is 0 Å². The minimum Gasteiger partial charge on any atom is -0.435 e. The maximum Gasteiger partial charge on any atom is 0.527 e. The van der Waals surface area contributed by atoms with Crippen molar-refractivity contribution in [3.63, 3.8) is 0 Å². The Kier molecular flexibility index (Phi) is 6.25. The van der Waals surface area contributed by atoms with E-state index in [4.69, 9.17) is 8.92 Å². The Balaban J connectivity index is 1.75. The number of aryl methyl sites for hydroxylation is 1. The summed E-state index contributed by atoms with van der Waals surface area (Å²) in [7, 11) is -4.10. The highest BCUT2D eigenvalue weighted by atomic mass is 32.2. The highest BCUT2D eigenvalue weighted by molar-refractivity contribution is 7.86. The highest BCUT2D eigenvalue weighted by Crippen LogP contribution is 2.33. The Morgan fingerprint density at radius 3 is 2.33 bits per heavy atom. The number of rotatable bonds is 5. The molecule has 0 saturated carbocycles. The molecule has 1 aliphatic rings. The van der Waals surface area contributed by atoms with Crippen LogP contribution in [-0.2, 0) is 25.6 Å². The van der Waals surface area contributed by atoms with E-state index in [1.807, 2.05) is 13.0 Å². The van der Waals surface area contributed by atoms with E-state index in [-0.39, 0.29) is 24.5 Å². The largest absolute Gasteiger partial charge is 0.527 e. The topological polar surface area (TPSA) is 107 Å². The third kappa shape index (κ3) is 4.38. The van der Waals surface area contributed by atoms with E-state index in [1.165, 1.54) is 12.1 Å². The van der Waals surface area contributed by atoms with Gasteiger partial charge in [-0.15, -0.1) is 4.48 Å². The first kappa shape index (κ1) is 21.9. The van der Waals surface area contributed by atoms with Crippen LogP contribution in [0.15, 0.2) is 59.5 Å². The lowest BCUT2D eigenvalue weighted by Crippen LogP contribution is -2.59. The summed E-state index contributed by atoms with van der Waals surface area (Å²) in [5.74, 6) is 0. The van der Waals surface area contributed by atoms with Crippen molar-refractivity contribution in [3.8, 4) is 0 Å². The van der Waals surface area contributed by atoms with Gasteiger partial charge in [0.2, 0.25) is 0 Å². The molecule has 0 spiro atoms. The number of carbonyl (C=O) groups is 2. The van der Waals surface area contributed by atoms with Crippen LogP contribution >= 0.6 is 0 Å². The summed E-state index contributed by atoms with van der Waals surface area (Å²) in [6.07, 6.45) is -3.23. The quantitative estimate of drug-likeness (QED) is 0.565. The van der Waals surface area contributed by atoms with Gasteiger partial charge in [-0.3, -0.25) is 4.18 Å². The second-order valence-electron chi connectivity index (χ2n) is 7.44. The first-order valence-corrected chi connectivity index (χ1v) is 10.9. The van der Waals surface area contributed by atoms with Crippen LogP contribution in [0.5, 0.6) is 0 Å². The summed E-state index contributed by atoms with van der Waals surface area (Å²) in [5.41, 5.74) is 1.61. The molecule has 30 heavy (non-hydrogen) atoms. The Morgan fingerprint density at radius 2 is 1.73 bits per heavy atom. The van der Waals surface area contributed by atoms with E-state index >= 15 is 0 Å². The van der Waals surface area contributed by atoms with Gasteiger partial charge in [-0.05, 0) is 31.5 Å². The predicted octanol–water partition coefficient (Wildman–Crippen LogP) is 3.69. The van der Waals surface area contributed by atoms with Gasteiger partial charge in [0.1, 0.15) is 25.3 Å². The fourth-order valence-electron chi connectivity index (χ4n) is 3.58. The average molecular weight is 434 g/mol. The minimum absolute atomic E-state index is 0.0206. The fourth-order valence-corrected chi connectivity index (χ4v) is 4.66. The number of hydrogen-bond acceptors (Lipinski definition) is 6. The number of benzene rings is 2. The summed E-state index contributed by atoms with van der Waals surface area (Å²) in [6, 6.07) is 14.3. The molecule has 0 aromatic heterocycles. The van der Waals surface area contributed by atoms with Crippen LogP contribution in [0.1, 0.15) is 24.5 Å². The molecule has 2 aromatic carbocycles. The molecule has 0 radical (unpaired) electrons. The van der Waals surface area contributed by atoms with Crippen molar-refractivity contribution >= 4 is 22.3 Å². The molecule has 1 heterocycles. The van der Waals surface area contributed by atoms with E-state index in [0.29, 0.717) is 0 Å². The number of nitrogens with zero attached hydrogens (tertiary/aromatic N) is 1. The Labute approximate surface area is 175 Å². The van der Waals surface area contributed by atoms with Crippen molar-refractivity contribution in [2.24, 2.45) is 0 Å². The number of likely N-dealkylation sites (tertiary alicyclic amines) is 1. The third-order valence-electron chi connectivity index (χ3n) is 5.29. The Morgan fingerprint density at radius 1 is 1.10 bits per heavy atom. The van der Waals surface area contributed by atoms with Crippen LogP contribution in [0.2, 0.25) is 0 Å². The van der Waals surface area contributed by atoms with Crippen molar-refractivity contribution in [1.29, 1.82) is 0 Å². The maximum absolute atomic E-state index is 12.8. The molecule has 1 saturated heterocycles. The normalized spacial score (nSPS) is 23.8. The van der Waals surface area contributed by atoms with E-state index in [0.717, 1.165) is 11.1 Å². The SMILES string of the molecule is Cc1ccc(S(=O)(=O)O[C@@H]2C[C@@H](C)[N@@+](C(=O)O)(C(=O)OCc3ccccc3)C2)cc1.